The highest BCUT2D eigenvalue weighted by atomic mass is 79.9. The van der Waals surface area contributed by atoms with Gasteiger partial charge in [0.2, 0.25) is 0 Å². The summed E-state index contributed by atoms with van der Waals surface area (Å²) in [6.07, 6.45) is 0. The summed E-state index contributed by atoms with van der Waals surface area (Å²) in [4.78, 5) is 2.69. The monoisotopic (exact) mass is 281 g/mol. The van der Waals surface area contributed by atoms with Crippen LogP contribution in [0.3, 0.4) is 0 Å². The number of rotatable bonds is 1. The lowest BCUT2D eigenvalue weighted by Crippen LogP contribution is -1.86. The molecule has 1 heterocycles. The first-order valence-electron chi connectivity index (χ1n) is 4.70. The van der Waals surface area contributed by atoms with Crippen molar-refractivity contribution in [3.05, 3.63) is 38.5 Å². The van der Waals surface area contributed by atoms with Crippen LogP contribution in [0.2, 0.25) is 0 Å². The molecular formula is C12H12BrNS. The molecule has 0 bridgehead atoms. The quantitative estimate of drug-likeness (QED) is 0.772. The third kappa shape index (κ3) is 2.08. The highest BCUT2D eigenvalue weighted by molar-refractivity contribution is 9.10. The number of anilines is 1. The molecule has 0 aliphatic heterocycles. The van der Waals surface area contributed by atoms with Gasteiger partial charge in [-0.3, -0.25) is 0 Å². The maximum absolute atomic E-state index is 5.77. The van der Waals surface area contributed by atoms with Gasteiger partial charge in [-0.15, -0.1) is 11.3 Å². The fourth-order valence-electron chi connectivity index (χ4n) is 1.61. The Morgan fingerprint density at radius 2 is 1.93 bits per heavy atom. The molecule has 2 N–H and O–H groups in total. The van der Waals surface area contributed by atoms with Gasteiger partial charge in [-0.25, -0.2) is 0 Å². The van der Waals surface area contributed by atoms with Crippen LogP contribution in [-0.2, 0) is 0 Å². The minimum Gasteiger partial charge on any atom is -0.398 e. The van der Waals surface area contributed by atoms with E-state index in [-0.39, 0.29) is 0 Å². The van der Waals surface area contributed by atoms with Gasteiger partial charge >= 0.3 is 0 Å². The first-order valence-corrected chi connectivity index (χ1v) is 6.31. The lowest BCUT2D eigenvalue weighted by atomic mass is 10.1. The summed E-state index contributed by atoms with van der Waals surface area (Å²) in [6.45, 7) is 4.28. The first-order chi connectivity index (χ1) is 7.08. The number of nitrogens with two attached hydrogens (primary N) is 1. The number of hydrogen-bond donors (Lipinski definition) is 1. The minimum absolute atomic E-state index is 0.781. The summed E-state index contributed by atoms with van der Waals surface area (Å²) in [7, 11) is 0. The molecule has 15 heavy (non-hydrogen) atoms. The van der Waals surface area contributed by atoms with E-state index in [4.69, 9.17) is 5.73 Å². The smallest absolute Gasteiger partial charge is 0.0458 e. The van der Waals surface area contributed by atoms with Crippen molar-refractivity contribution in [2.24, 2.45) is 0 Å². The van der Waals surface area contributed by atoms with E-state index in [9.17, 15) is 0 Å². The molecule has 0 saturated carbocycles. The molecule has 0 atom stereocenters. The normalized spacial score (nSPS) is 10.6. The molecule has 0 fully saturated rings. The van der Waals surface area contributed by atoms with E-state index in [1.165, 1.54) is 20.9 Å². The second-order valence-corrected chi connectivity index (χ2v) is 5.88. The predicted molar refractivity (Wildman–Crippen MR) is 71.3 cm³/mol. The summed E-state index contributed by atoms with van der Waals surface area (Å²) >= 11 is 5.28. The molecule has 0 spiro atoms. The molecular weight excluding hydrogens is 270 g/mol. The SMILES string of the molecule is Cc1cc(-c2ccc(N)c(Br)c2)c(C)s1. The van der Waals surface area contributed by atoms with Crippen molar-refractivity contribution < 1.29 is 0 Å². The zero-order chi connectivity index (χ0) is 11.0. The van der Waals surface area contributed by atoms with Crippen molar-refractivity contribution >= 4 is 33.0 Å². The fraction of sp³-hybridized carbons (Fsp3) is 0.167. The molecule has 2 rings (SSSR count). The number of nitrogen functional groups attached to an aromatic ring is 1. The van der Waals surface area contributed by atoms with E-state index in [0.717, 1.165) is 10.2 Å². The Kier molecular flexibility index (Phi) is 2.85. The maximum Gasteiger partial charge on any atom is 0.0458 e. The Labute approximate surface area is 102 Å². The van der Waals surface area contributed by atoms with Gasteiger partial charge in [0.1, 0.15) is 0 Å². The van der Waals surface area contributed by atoms with Crippen LogP contribution < -0.4 is 5.73 Å². The van der Waals surface area contributed by atoms with Crippen LogP contribution in [0.25, 0.3) is 11.1 Å². The van der Waals surface area contributed by atoms with Gasteiger partial charge in [0.05, 0.1) is 0 Å². The van der Waals surface area contributed by atoms with Crippen molar-refractivity contribution in [2.75, 3.05) is 5.73 Å². The third-order valence-corrected chi connectivity index (χ3v) is 4.01. The van der Waals surface area contributed by atoms with Crippen molar-refractivity contribution in [1.29, 1.82) is 0 Å². The Balaban J connectivity index is 2.54. The summed E-state index contributed by atoms with van der Waals surface area (Å²) in [6, 6.07) is 8.29. The Hall–Kier alpha value is -0.800. The lowest BCUT2D eigenvalue weighted by Gasteiger charge is -2.03. The van der Waals surface area contributed by atoms with Crippen LogP contribution in [0.15, 0.2) is 28.7 Å². The number of halogens is 1. The van der Waals surface area contributed by atoms with Gasteiger partial charge < -0.3 is 5.73 Å². The van der Waals surface area contributed by atoms with Crippen molar-refractivity contribution in [1.82, 2.24) is 0 Å². The number of hydrogen-bond acceptors (Lipinski definition) is 2. The van der Waals surface area contributed by atoms with Gasteiger partial charge in [-0.2, -0.15) is 0 Å². The van der Waals surface area contributed by atoms with Gasteiger partial charge in [0.25, 0.3) is 0 Å². The van der Waals surface area contributed by atoms with Crippen LogP contribution in [0, 0.1) is 13.8 Å². The largest absolute Gasteiger partial charge is 0.398 e. The molecule has 3 heteroatoms. The van der Waals surface area contributed by atoms with E-state index in [2.05, 4.69) is 48.0 Å². The van der Waals surface area contributed by atoms with Crippen molar-refractivity contribution in [3.63, 3.8) is 0 Å². The zero-order valence-corrected chi connectivity index (χ0v) is 11.1. The highest BCUT2D eigenvalue weighted by Gasteiger charge is 2.06. The van der Waals surface area contributed by atoms with E-state index >= 15 is 0 Å². The molecule has 0 amide bonds. The van der Waals surface area contributed by atoms with Crippen LogP contribution in [0.4, 0.5) is 5.69 Å². The molecule has 78 valence electrons. The fourth-order valence-corrected chi connectivity index (χ4v) is 2.94. The average molecular weight is 282 g/mol. The Morgan fingerprint density at radius 1 is 1.20 bits per heavy atom. The summed E-state index contributed by atoms with van der Waals surface area (Å²) in [5, 5.41) is 0. The van der Waals surface area contributed by atoms with Crippen LogP contribution in [0.1, 0.15) is 9.75 Å². The first kappa shape index (κ1) is 10.7. The molecule has 0 unspecified atom stereocenters. The molecule has 0 saturated heterocycles. The van der Waals surface area contributed by atoms with E-state index in [0.29, 0.717) is 0 Å². The minimum atomic E-state index is 0.781. The van der Waals surface area contributed by atoms with Crippen LogP contribution in [-0.4, -0.2) is 0 Å². The second-order valence-electron chi connectivity index (χ2n) is 3.56. The number of aryl methyl sites for hydroxylation is 2. The number of benzene rings is 1. The van der Waals surface area contributed by atoms with E-state index in [1.54, 1.807) is 0 Å². The Morgan fingerprint density at radius 3 is 2.47 bits per heavy atom. The summed E-state index contributed by atoms with van der Waals surface area (Å²) in [5.41, 5.74) is 9.07. The Bertz CT molecular complexity index is 502. The van der Waals surface area contributed by atoms with Gasteiger partial charge in [0, 0.05) is 19.9 Å². The maximum atomic E-state index is 5.77. The molecule has 1 nitrogen and oxygen atoms in total. The van der Waals surface area contributed by atoms with E-state index in [1.807, 2.05) is 17.4 Å². The molecule has 1 aromatic carbocycles. The molecule has 1 aromatic heterocycles. The third-order valence-electron chi connectivity index (χ3n) is 2.35. The standard InChI is InChI=1S/C12H12BrNS/c1-7-5-10(8(2)15-7)9-3-4-12(14)11(13)6-9/h3-6H,14H2,1-2H3. The summed E-state index contributed by atoms with van der Waals surface area (Å²) in [5.74, 6) is 0. The summed E-state index contributed by atoms with van der Waals surface area (Å²) < 4.78 is 0.961. The molecule has 2 aromatic rings. The van der Waals surface area contributed by atoms with Crippen molar-refractivity contribution in [3.8, 4) is 11.1 Å². The number of thiophene rings is 1. The van der Waals surface area contributed by atoms with Crippen LogP contribution in [0.5, 0.6) is 0 Å². The molecule has 0 aliphatic carbocycles. The van der Waals surface area contributed by atoms with Gasteiger partial charge in [-0.1, -0.05) is 6.07 Å². The second kappa shape index (κ2) is 3.99. The van der Waals surface area contributed by atoms with Crippen molar-refractivity contribution in [2.45, 2.75) is 13.8 Å². The van der Waals surface area contributed by atoms with Gasteiger partial charge in [-0.05, 0) is 59.1 Å². The predicted octanol–water partition coefficient (Wildman–Crippen LogP) is 4.38. The van der Waals surface area contributed by atoms with Gasteiger partial charge in [0.15, 0.2) is 0 Å². The zero-order valence-electron chi connectivity index (χ0n) is 8.67. The lowest BCUT2D eigenvalue weighted by molar-refractivity contribution is 1.55. The topological polar surface area (TPSA) is 26.0 Å². The van der Waals surface area contributed by atoms with E-state index < -0.39 is 0 Å². The molecule has 0 radical (unpaired) electrons. The average Bonchev–Trinajstić information content (AvgIpc) is 2.50. The van der Waals surface area contributed by atoms with Crippen LogP contribution >= 0.6 is 27.3 Å². The highest BCUT2D eigenvalue weighted by Crippen LogP contribution is 2.33. The molecule has 0 aliphatic rings.